The second-order valence-corrected chi connectivity index (χ2v) is 11.9. The van der Waals surface area contributed by atoms with Gasteiger partial charge in [0.05, 0.1) is 15.2 Å². The Hall–Kier alpha value is -3.18. The highest BCUT2D eigenvalue weighted by atomic mass is 32.2. The molecule has 2 aromatic heterocycles. The van der Waals surface area contributed by atoms with E-state index in [2.05, 4.69) is 35.2 Å². The summed E-state index contributed by atoms with van der Waals surface area (Å²) in [6.07, 6.45) is 6.12. The summed E-state index contributed by atoms with van der Waals surface area (Å²) in [6.45, 7) is 4.50. The maximum atomic E-state index is 13.0. The molecule has 10 heteroatoms. The predicted octanol–water partition coefficient (Wildman–Crippen LogP) is 2.79. The van der Waals surface area contributed by atoms with Crippen LogP contribution in [-0.4, -0.2) is 24.6 Å². The summed E-state index contributed by atoms with van der Waals surface area (Å²) in [4.78, 5) is 16.2. The minimum atomic E-state index is -4.27. The van der Waals surface area contributed by atoms with Gasteiger partial charge in [-0.1, -0.05) is 41.6 Å². The fourth-order valence-corrected chi connectivity index (χ4v) is 6.67. The molecule has 0 aliphatic carbocycles. The smallest absolute Gasteiger partial charge is 0.271 e. The van der Waals surface area contributed by atoms with E-state index < -0.39 is 10.1 Å². The molecule has 0 radical (unpaired) electrons. The van der Waals surface area contributed by atoms with Crippen molar-refractivity contribution in [3.05, 3.63) is 104 Å². The quantitative estimate of drug-likeness (QED) is 0.287. The summed E-state index contributed by atoms with van der Waals surface area (Å²) < 4.78 is 36.8. The molecule has 0 saturated heterocycles. The second kappa shape index (κ2) is 11.1. The number of hydrogen-bond donors (Lipinski definition) is 0. The minimum absolute atomic E-state index is 0.0902. The molecule has 4 aromatic rings. The molecule has 0 bridgehead atoms. The number of anilines is 1. The van der Waals surface area contributed by atoms with Gasteiger partial charge in [0.15, 0.2) is 12.4 Å². The van der Waals surface area contributed by atoms with Crippen LogP contribution in [0.25, 0.3) is 11.1 Å². The standard InChI is InChI=1S/C20H20N3OS2.C7H8O3S/c1-4-23-17(13-14-9-11-21(2)12-10-14)26-18(19(23)24)20-22(3)15-7-5-6-8-16(15)25-20;1-6-2-4-7(5-3-6)11(8,9)10/h5-13H,4H2,1-3H3;2-5H,1H3,(H,8,9,10)/q+1;/p-1/b20-18+;. The van der Waals surface area contributed by atoms with Gasteiger partial charge in [-0.05, 0) is 49.8 Å². The molecule has 0 N–H and O–H groups in total. The van der Waals surface area contributed by atoms with Gasteiger partial charge in [-0.3, -0.25) is 9.36 Å². The van der Waals surface area contributed by atoms with E-state index in [0.717, 1.165) is 31.0 Å². The van der Waals surface area contributed by atoms with Gasteiger partial charge >= 0.3 is 0 Å². The van der Waals surface area contributed by atoms with E-state index in [4.69, 9.17) is 0 Å². The highest BCUT2D eigenvalue weighted by molar-refractivity contribution is 8.08. The molecular formula is C27H27N3O4S3. The number of nitrogens with zero attached hydrogens (tertiary/aromatic N) is 3. The average molecular weight is 554 g/mol. The van der Waals surface area contributed by atoms with E-state index >= 15 is 0 Å². The molecule has 192 valence electrons. The Labute approximate surface area is 224 Å². The topological polar surface area (TPSA) is 86.3 Å². The first-order chi connectivity index (χ1) is 17.6. The molecule has 7 nitrogen and oxygen atoms in total. The average Bonchev–Trinajstić information content (AvgIpc) is 3.36. The maximum absolute atomic E-state index is 13.0. The van der Waals surface area contributed by atoms with Gasteiger partial charge in [0, 0.05) is 30.6 Å². The van der Waals surface area contributed by atoms with Crippen molar-refractivity contribution in [3.63, 3.8) is 0 Å². The van der Waals surface area contributed by atoms with Crippen LogP contribution in [0.1, 0.15) is 18.1 Å². The molecule has 0 fully saturated rings. The van der Waals surface area contributed by atoms with Crippen LogP contribution >= 0.6 is 23.1 Å². The fraction of sp³-hybridized carbons (Fsp3) is 0.185. The van der Waals surface area contributed by atoms with Crippen molar-refractivity contribution in [3.8, 4) is 0 Å². The largest absolute Gasteiger partial charge is 0.744 e. The van der Waals surface area contributed by atoms with Crippen LogP contribution in [0.15, 0.2) is 87.6 Å². The molecule has 0 atom stereocenters. The van der Waals surface area contributed by atoms with Crippen molar-refractivity contribution in [2.45, 2.75) is 30.2 Å². The van der Waals surface area contributed by atoms with Crippen molar-refractivity contribution in [1.82, 2.24) is 4.57 Å². The van der Waals surface area contributed by atoms with Crippen molar-refractivity contribution < 1.29 is 17.5 Å². The molecule has 5 rings (SSSR count). The summed E-state index contributed by atoms with van der Waals surface area (Å²) >= 11 is 3.24. The number of thiazole rings is 1. The van der Waals surface area contributed by atoms with Crippen LogP contribution in [0.3, 0.4) is 0 Å². The molecule has 3 heterocycles. The number of thioether (sulfide) groups is 1. The number of aromatic nitrogens is 2. The van der Waals surface area contributed by atoms with Crippen LogP contribution in [0.2, 0.25) is 0 Å². The summed E-state index contributed by atoms with van der Waals surface area (Å²) in [5.41, 5.74) is 3.27. The zero-order valence-electron chi connectivity index (χ0n) is 20.9. The minimum Gasteiger partial charge on any atom is -0.744 e. The van der Waals surface area contributed by atoms with Gasteiger partial charge in [-0.15, -0.1) is 11.3 Å². The van der Waals surface area contributed by atoms with E-state index in [9.17, 15) is 17.8 Å². The normalized spacial score (nSPS) is 14.8. The van der Waals surface area contributed by atoms with Gasteiger partial charge in [0.25, 0.3) is 5.56 Å². The molecule has 1 aliphatic rings. The zero-order valence-corrected chi connectivity index (χ0v) is 23.4. The monoisotopic (exact) mass is 553 g/mol. The fourth-order valence-electron chi connectivity index (χ4n) is 3.73. The Kier molecular flexibility index (Phi) is 8.03. The number of para-hydroxylation sites is 1. The third kappa shape index (κ3) is 6.04. The van der Waals surface area contributed by atoms with Crippen LogP contribution in [0.4, 0.5) is 5.69 Å². The van der Waals surface area contributed by atoms with Gasteiger partial charge < -0.3 is 9.45 Å². The molecule has 0 spiro atoms. The van der Waals surface area contributed by atoms with Crippen molar-refractivity contribution >= 4 is 50.0 Å². The van der Waals surface area contributed by atoms with Crippen molar-refractivity contribution in [1.29, 1.82) is 0 Å². The molecule has 37 heavy (non-hydrogen) atoms. The Bertz CT molecular complexity index is 1710. The van der Waals surface area contributed by atoms with E-state index in [0.29, 0.717) is 6.54 Å². The molecule has 0 unspecified atom stereocenters. The number of aryl methyl sites for hydroxylation is 2. The second-order valence-electron chi connectivity index (χ2n) is 8.46. The summed E-state index contributed by atoms with van der Waals surface area (Å²) in [5, 5.41) is 1.02. The van der Waals surface area contributed by atoms with Crippen LogP contribution in [0, 0.1) is 6.92 Å². The van der Waals surface area contributed by atoms with E-state index in [1.165, 1.54) is 17.0 Å². The number of pyridine rings is 1. The van der Waals surface area contributed by atoms with E-state index in [1.54, 1.807) is 35.2 Å². The first-order valence-electron chi connectivity index (χ1n) is 11.5. The van der Waals surface area contributed by atoms with Crippen molar-refractivity contribution in [2.75, 3.05) is 11.9 Å². The molecule has 0 saturated carbocycles. The maximum Gasteiger partial charge on any atom is 0.271 e. The van der Waals surface area contributed by atoms with Crippen molar-refractivity contribution in [2.24, 2.45) is 7.05 Å². The number of rotatable bonds is 3. The third-order valence-electron chi connectivity index (χ3n) is 5.76. The lowest BCUT2D eigenvalue weighted by Crippen LogP contribution is -2.33. The molecular weight excluding hydrogens is 527 g/mol. The zero-order chi connectivity index (χ0) is 26.7. The van der Waals surface area contributed by atoms with Crippen LogP contribution < -0.4 is 24.2 Å². The number of benzene rings is 2. The predicted molar refractivity (Wildman–Crippen MR) is 148 cm³/mol. The SMILES string of the molecule is CCn1c(=O)/c(=C2\Sc3ccccc3N2C)s/c1=C\c1cc[n+](C)cc1.Cc1ccc(S(=O)(=O)[O-])cc1. The molecule has 2 aromatic carbocycles. The van der Waals surface area contributed by atoms with Gasteiger partial charge in [-0.25, -0.2) is 13.0 Å². The first kappa shape index (κ1) is 26.9. The number of hydrogen-bond acceptors (Lipinski definition) is 7. The Morgan fingerprint density at radius 2 is 1.68 bits per heavy atom. The lowest BCUT2D eigenvalue weighted by atomic mass is 10.2. The first-order valence-corrected chi connectivity index (χ1v) is 14.6. The van der Waals surface area contributed by atoms with Gasteiger partial charge in [0.1, 0.15) is 26.7 Å². The van der Waals surface area contributed by atoms with E-state index in [1.807, 2.05) is 61.6 Å². The van der Waals surface area contributed by atoms with Crippen LogP contribution in [-0.2, 0) is 23.7 Å². The van der Waals surface area contributed by atoms with Crippen LogP contribution in [0.5, 0.6) is 0 Å². The molecule has 1 aliphatic heterocycles. The van der Waals surface area contributed by atoms with Gasteiger partial charge in [-0.2, -0.15) is 0 Å². The Balaban J connectivity index is 0.000000245. The van der Waals surface area contributed by atoms with Gasteiger partial charge in [0.2, 0.25) is 0 Å². The Morgan fingerprint density at radius 1 is 1.03 bits per heavy atom. The highest BCUT2D eigenvalue weighted by Crippen LogP contribution is 2.44. The Morgan fingerprint density at radius 3 is 2.27 bits per heavy atom. The summed E-state index contributed by atoms with van der Waals surface area (Å²) in [6, 6.07) is 18.2. The third-order valence-corrected chi connectivity index (χ3v) is 9.10. The number of fused-ring (bicyclic) bond motifs is 1. The lowest BCUT2D eigenvalue weighted by Gasteiger charge is -2.11. The lowest BCUT2D eigenvalue weighted by molar-refractivity contribution is -0.671. The van der Waals surface area contributed by atoms with E-state index in [-0.39, 0.29) is 10.5 Å². The summed E-state index contributed by atoms with van der Waals surface area (Å²) in [7, 11) is -0.241. The molecule has 0 amide bonds. The summed E-state index contributed by atoms with van der Waals surface area (Å²) in [5.74, 6) is 0. The highest BCUT2D eigenvalue weighted by Gasteiger charge is 2.24.